The molecule has 0 aliphatic carbocycles. The Kier molecular flexibility index (Phi) is 6.53. The molecule has 0 aliphatic rings. The second-order valence-electron chi connectivity index (χ2n) is 6.38. The maximum atomic E-state index is 5.18. The molecule has 0 bridgehead atoms. The topological polar surface area (TPSA) is 21.3 Å². The van der Waals surface area contributed by atoms with Gasteiger partial charge in [-0.15, -0.1) is 0 Å². The van der Waals surface area contributed by atoms with Crippen LogP contribution in [-0.2, 0) is 4.74 Å². The number of nitrogens with one attached hydrogen (secondary N) is 1. The van der Waals surface area contributed by atoms with E-state index in [0.29, 0.717) is 5.92 Å². The largest absolute Gasteiger partial charge is 0.385 e. The molecule has 1 rings (SSSR count). The minimum absolute atomic E-state index is 0.170. The predicted molar refractivity (Wildman–Crippen MR) is 82.8 cm³/mol. The molecule has 2 nitrogen and oxygen atoms in total. The third-order valence-corrected chi connectivity index (χ3v) is 3.29. The number of hydrogen-bond donors (Lipinski definition) is 1. The van der Waals surface area contributed by atoms with Crippen molar-refractivity contribution in [3.05, 3.63) is 35.4 Å². The van der Waals surface area contributed by atoms with Crippen molar-refractivity contribution in [1.82, 2.24) is 5.32 Å². The number of benzene rings is 1. The molecule has 0 radical (unpaired) electrons. The van der Waals surface area contributed by atoms with E-state index in [4.69, 9.17) is 4.74 Å². The molecule has 0 aliphatic heterocycles. The second kappa shape index (κ2) is 7.66. The summed E-state index contributed by atoms with van der Waals surface area (Å²) in [5.74, 6) is 0.564. The highest BCUT2D eigenvalue weighted by Crippen LogP contribution is 2.22. The summed E-state index contributed by atoms with van der Waals surface area (Å²) in [6.45, 7) is 10.7. The van der Waals surface area contributed by atoms with Gasteiger partial charge in [0.2, 0.25) is 0 Å². The van der Waals surface area contributed by atoms with E-state index in [1.807, 2.05) is 0 Å². The number of methoxy groups -OCH3 is 1. The Bertz CT molecular complexity index is 368. The maximum absolute atomic E-state index is 5.18. The van der Waals surface area contributed by atoms with E-state index in [-0.39, 0.29) is 5.54 Å². The van der Waals surface area contributed by atoms with Crippen molar-refractivity contribution < 1.29 is 4.74 Å². The average molecular weight is 263 g/mol. The van der Waals surface area contributed by atoms with Crippen molar-refractivity contribution in [3.63, 3.8) is 0 Å². The third-order valence-electron chi connectivity index (χ3n) is 3.29. The van der Waals surface area contributed by atoms with Gasteiger partial charge in [-0.25, -0.2) is 0 Å². The number of rotatable bonds is 7. The molecule has 19 heavy (non-hydrogen) atoms. The van der Waals surface area contributed by atoms with E-state index in [2.05, 4.69) is 57.3 Å². The molecule has 0 saturated heterocycles. The van der Waals surface area contributed by atoms with Gasteiger partial charge in [-0.2, -0.15) is 0 Å². The van der Waals surface area contributed by atoms with Crippen LogP contribution in [0.25, 0.3) is 0 Å². The minimum Gasteiger partial charge on any atom is -0.385 e. The van der Waals surface area contributed by atoms with E-state index in [0.717, 1.165) is 19.6 Å². The van der Waals surface area contributed by atoms with Crippen molar-refractivity contribution in [3.8, 4) is 0 Å². The fraction of sp³-hybridized carbons (Fsp3) is 0.647. The quantitative estimate of drug-likeness (QED) is 0.753. The zero-order valence-electron chi connectivity index (χ0n) is 13.1. The molecular weight excluding hydrogens is 234 g/mol. The van der Waals surface area contributed by atoms with E-state index in [1.54, 1.807) is 7.11 Å². The minimum atomic E-state index is 0.170. The lowest BCUT2D eigenvalue weighted by Gasteiger charge is -2.26. The van der Waals surface area contributed by atoms with Gasteiger partial charge >= 0.3 is 0 Å². The maximum Gasteiger partial charge on any atom is 0.0462 e. The molecule has 0 saturated carbocycles. The van der Waals surface area contributed by atoms with Gasteiger partial charge in [0, 0.05) is 25.8 Å². The average Bonchev–Trinajstić information content (AvgIpc) is 2.32. The molecule has 108 valence electrons. The van der Waals surface area contributed by atoms with Gasteiger partial charge in [0.05, 0.1) is 0 Å². The first-order valence-electron chi connectivity index (χ1n) is 7.23. The summed E-state index contributed by atoms with van der Waals surface area (Å²) in [6.07, 6.45) is 2.28. The van der Waals surface area contributed by atoms with Crippen LogP contribution in [0.15, 0.2) is 24.3 Å². The molecule has 0 amide bonds. The first kappa shape index (κ1) is 16.2. The molecule has 1 aromatic carbocycles. The van der Waals surface area contributed by atoms with Crippen molar-refractivity contribution in [2.75, 3.05) is 20.3 Å². The Morgan fingerprint density at radius 2 is 2.00 bits per heavy atom. The Balaban J connectivity index is 2.68. The summed E-state index contributed by atoms with van der Waals surface area (Å²) in [7, 11) is 1.77. The van der Waals surface area contributed by atoms with E-state index < -0.39 is 0 Å². The smallest absolute Gasteiger partial charge is 0.0462 e. The van der Waals surface area contributed by atoms with Crippen LogP contribution in [0.4, 0.5) is 0 Å². The van der Waals surface area contributed by atoms with Crippen LogP contribution >= 0.6 is 0 Å². The summed E-state index contributed by atoms with van der Waals surface area (Å²) in [5, 5.41) is 3.63. The van der Waals surface area contributed by atoms with Crippen molar-refractivity contribution in [2.45, 2.75) is 52.0 Å². The van der Waals surface area contributed by atoms with Crippen molar-refractivity contribution in [2.24, 2.45) is 0 Å². The lowest BCUT2D eigenvalue weighted by molar-refractivity contribution is 0.189. The highest BCUT2D eigenvalue weighted by Gasteiger charge is 2.15. The monoisotopic (exact) mass is 263 g/mol. The molecule has 0 heterocycles. The zero-order chi connectivity index (χ0) is 14.3. The van der Waals surface area contributed by atoms with Crippen LogP contribution in [-0.4, -0.2) is 25.8 Å². The van der Waals surface area contributed by atoms with E-state index in [1.165, 1.54) is 17.5 Å². The van der Waals surface area contributed by atoms with Gasteiger partial charge in [0.25, 0.3) is 0 Å². The number of aryl methyl sites for hydroxylation is 1. The Hall–Kier alpha value is -0.860. The lowest BCUT2D eigenvalue weighted by Crippen LogP contribution is -2.38. The number of hydrogen-bond acceptors (Lipinski definition) is 2. The standard InChI is InChI=1S/C17H29NO/c1-14-8-6-9-15(12-14)16(10-7-11-19-5)13-18-17(2,3)4/h6,8-9,12,16,18H,7,10-11,13H2,1-5H3. The highest BCUT2D eigenvalue weighted by molar-refractivity contribution is 5.25. The van der Waals surface area contributed by atoms with Crippen molar-refractivity contribution >= 4 is 0 Å². The fourth-order valence-electron chi connectivity index (χ4n) is 2.21. The first-order chi connectivity index (χ1) is 8.92. The summed E-state index contributed by atoms with van der Waals surface area (Å²) in [6, 6.07) is 8.87. The first-order valence-corrected chi connectivity index (χ1v) is 7.23. The van der Waals surface area contributed by atoms with Gasteiger partial charge < -0.3 is 10.1 Å². The Morgan fingerprint density at radius 3 is 2.58 bits per heavy atom. The summed E-state index contributed by atoms with van der Waals surface area (Å²) in [5.41, 5.74) is 2.95. The van der Waals surface area contributed by atoms with Crippen LogP contribution in [0.1, 0.15) is 50.7 Å². The second-order valence-corrected chi connectivity index (χ2v) is 6.38. The molecule has 1 atom stereocenters. The molecule has 0 spiro atoms. The van der Waals surface area contributed by atoms with Crippen molar-refractivity contribution in [1.29, 1.82) is 0 Å². The van der Waals surface area contributed by atoms with Gasteiger partial charge in [-0.1, -0.05) is 29.8 Å². The SMILES string of the molecule is COCCCC(CNC(C)(C)C)c1cccc(C)c1. The van der Waals surface area contributed by atoms with Crippen LogP contribution in [0, 0.1) is 6.92 Å². The lowest BCUT2D eigenvalue weighted by atomic mass is 9.92. The molecule has 2 heteroatoms. The zero-order valence-corrected chi connectivity index (χ0v) is 13.1. The number of ether oxygens (including phenoxy) is 1. The summed E-state index contributed by atoms with van der Waals surface area (Å²) in [4.78, 5) is 0. The molecule has 1 N–H and O–H groups in total. The van der Waals surface area contributed by atoms with Gasteiger partial charge in [-0.05, 0) is 52.0 Å². The Morgan fingerprint density at radius 1 is 1.26 bits per heavy atom. The predicted octanol–water partition coefficient (Wildman–Crippen LogP) is 3.89. The summed E-state index contributed by atoms with van der Waals surface area (Å²) < 4.78 is 5.18. The fourth-order valence-corrected chi connectivity index (χ4v) is 2.21. The van der Waals surface area contributed by atoms with Gasteiger partial charge in [0.1, 0.15) is 0 Å². The third kappa shape index (κ3) is 6.74. The molecule has 1 unspecified atom stereocenters. The van der Waals surface area contributed by atoms with Crippen LogP contribution in [0.5, 0.6) is 0 Å². The Labute approximate surface area is 118 Å². The van der Waals surface area contributed by atoms with Crippen LogP contribution in [0.3, 0.4) is 0 Å². The normalized spacial score (nSPS) is 13.5. The van der Waals surface area contributed by atoms with Gasteiger partial charge in [0.15, 0.2) is 0 Å². The molecule has 1 aromatic rings. The van der Waals surface area contributed by atoms with E-state index >= 15 is 0 Å². The van der Waals surface area contributed by atoms with Crippen LogP contribution < -0.4 is 5.32 Å². The molecule has 0 fully saturated rings. The summed E-state index contributed by atoms with van der Waals surface area (Å²) >= 11 is 0. The van der Waals surface area contributed by atoms with Crippen LogP contribution in [0.2, 0.25) is 0 Å². The van der Waals surface area contributed by atoms with E-state index in [9.17, 15) is 0 Å². The highest BCUT2D eigenvalue weighted by atomic mass is 16.5. The van der Waals surface area contributed by atoms with Gasteiger partial charge in [-0.3, -0.25) is 0 Å². The molecular formula is C17H29NO. The molecule has 0 aromatic heterocycles.